The highest BCUT2D eigenvalue weighted by Gasteiger charge is 2.46. The van der Waals surface area contributed by atoms with Crippen LogP contribution < -0.4 is 46.3 Å². The fourth-order valence-electron chi connectivity index (χ4n) is 12.5. The number of aromatic carboxylic acids is 1. The number of carbonyl (C=O) groups excluding carboxylic acids is 3. The number of phosphoric acid groups is 3. The predicted octanol–water partition coefficient (Wildman–Crippen LogP) is 7.82. The van der Waals surface area contributed by atoms with Gasteiger partial charge in [-0.15, -0.1) is 0 Å². The molecule has 4 aliphatic rings. The summed E-state index contributed by atoms with van der Waals surface area (Å²) in [5.74, 6) is -0.826. The number of nitrogens with two attached hydrogens (primary N) is 1. The van der Waals surface area contributed by atoms with Crippen LogP contribution in [0.15, 0.2) is 96.5 Å². The molecule has 4 unspecified atom stereocenters. The summed E-state index contributed by atoms with van der Waals surface area (Å²) in [4.78, 5) is 105. The van der Waals surface area contributed by atoms with Crippen LogP contribution >= 0.6 is 66.6 Å². The Hall–Kier alpha value is -7.11. The highest BCUT2D eigenvalue weighted by Crippen LogP contribution is 2.66. The number of Topliss-reactive ketones (excluding diaryl/α,β-unsaturated/α-hetero) is 1. The molecule has 1 saturated heterocycles. The van der Waals surface area contributed by atoms with Crippen LogP contribution in [0.2, 0.25) is 0 Å². The van der Waals surface area contributed by atoms with Gasteiger partial charge in [0, 0.05) is 80.6 Å². The van der Waals surface area contributed by atoms with Crippen molar-refractivity contribution in [3.05, 3.63) is 141 Å². The van der Waals surface area contributed by atoms with Gasteiger partial charge < -0.3 is 74.8 Å². The van der Waals surface area contributed by atoms with Gasteiger partial charge in [-0.3, -0.25) is 33.0 Å². The molecular formula is C69H83N9O27P3S6+. The third-order valence-corrected chi connectivity index (χ3v) is 27.3. The summed E-state index contributed by atoms with van der Waals surface area (Å²) in [5.41, 5.74) is 5.97. The Morgan fingerprint density at radius 2 is 1.59 bits per heavy atom. The molecule has 36 nitrogen and oxygen atoms in total. The van der Waals surface area contributed by atoms with Crippen molar-refractivity contribution in [2.24, 2.45) is 4.99 Å². The zero-order valence-electron chi connectivity index (χ0n) is 62.4. The first-order valence-corrected chi connectivity index (χ1v) is 47.1. The van der Waals surface area contributed by atoms with Gasteiger partial charge in [-0.2, -0.15) is 35.0 Å². The van der Waals surface area contributed by atoms with Gasteiger partial charge in [0.05, 0.1) is 60.5 Å². The summed E-state index contributed by atoms with van der Waals surface area (Å²) in [5, 5.41) is 20.2. The number of fused-ring (bicyclic) bond motifs is 5. The lowest BCUT2D eigenvalue weighted by molar-refractivity contribution is -0.739. The number of rotatable bonds is 36. The van der Waals surface area contributed by atoms with E-state index in [-0.39, 0.29) is 147 Å². The Balaban J connectivity index is 0.743. The molecule has 0 radical (unpaired) electrons. The molecule has 0 aliphatic carbocycles. The lowest BCUT2D eigenvalue weighted by Crippen LogP contribution is -2.39. The molecule has 616 valence electrons. The normalized spacial score (nSPS) is 18.6. The molecule has 1 fully saturated rings. The Morgan fingerprint density at radius 3 is 2.28 bits per heavy atom. The van der Waals surface area contributed by atoms with Crippen LogP contribution in [0.4, 0.5) is 11.5 Å². The Kier molecular flexibility index (Phi) is 28.5. The van der Waals surface area contributed by atoms with Crippen molar-refractivity contribution >= 4 is 150 Å². The van der Waals surface area contributed by atoms with Crippen molar-refractivity contribution in [1.29, 1.82) is 0 Å². The molecule has 45 heteroatoms. The van der Waals surface area contributed by atoms with Crippen molar-refractivity contribution in [2.75, 3.05) is 74.9 Å². The zero-order chi connectivity index (χ0) is 83.3. The summed E-state index contributed by atoms with van der Waals surface area (Å²) in [6.45, 7) is 13.7. The minimum absolute atomic E-state index is 0.00132. The molecule has 4 aromatic carbocycles. The van der Waals surface area contributed by atoms with E-state index in [1.807, 2.05) is 27.0 Å². The number of carboxylic acid groups (broad SMARTS) is 1. The number of nitrogens with zero attached hydrogens (tertiary/aromatic N) is 5. The number of nitrogens with one attached hydrogen (secondary N) is 3. The maximum Gasteiger partial charge on any atom is 0.490 e. The first kappa shape index (κ1) is 89.2. The monoisotopic (exact) mass is 1750 g/mol. The maximum atomic E-state index is 14.3. The maximum absolute atomic E-state index is 14.3. The number of amides is 2. The largest absolute Gasteiger partial charge is 0.490 e. The number of carboxylic acids is 1. The van der Waals surface area contributed by atoms with Crippen molar-refractivity contribution in [3.8, 4) is 29.2 Å². The standard InChI is InChI=1S/C69H82N9O27P3S6/c1-39(110-109-9)101-56-29-59(103-57(56)32-100-107(87,88)105-108(89,90)104-106(84,85)86)78-38-77(62-63(70)73-37-74-64(62)78)20-12-19-71-58(80)33-97-21-22-98-60(111-112-67(2,3)4)34-99-44-14-10-13-41(23-44)65(81)72-18-11-15-53(79)40-16-17-45(66(82)83)48(24-40)61-49-25-46-42(35-113(91,92)93)30-68(5,6)75-51(46)27-54(49)102-55-28-52-47(26-50(55)61)43(36-114(94,95)96)31-69(7,8)76-52/h10,13-14,16-17,23-28,30-31,37-39,56-57,59-60H,11,15,18-19,21-22,29,32-36H2,1-9H3,(H11-,70,71,72,73,74,75,76,80,81,82,83,84,85,86,87,88,89,90,91,92,93,94,95,96)/p+1/t39-,56?,57+,59+,60?/m0/s1. The second-order valence-electron chi connectivity index (χ2n) is 28.1. The van der Waals surface area contributed by atoms with Gasteiger partial charge in [0.15, 0.2) is 24.2 Å². The molecular weight excluding hydrogens is 1670 g/mol. The lowest BCUT2D eigenvalue weighted by atomic mass is 9.83. The number of carbonyl (C=O) groups is 4. The smallest absolute Gasteiger partial charge is 0.490 e. The van der Waals surface area contributed by atoms with E-state index in [2.05, 4.69) is 46.5 Å². The number of anilines is 2. The number of imidazole rings is 1. The molecule has 0 saturated carbocycles. The van der Waals surface area contributed by atoms with Crippen molar-refractivity contribution in [2.45, 2.75) is 120 Å². The average Bonchev–Trinajstić information content (AvgIpc) is 0.918. The minimum atomic E-state index is -5.81. The zero-order valence-corrected chi connectivity index (χ0v) is 70.0. The highest BCUT2D eigenvalue weighted by atomic mass is 33.1. The van der Waals surface area contributed by atoms with Crippen LogP contribution in [0.1, 0.15) is 134 Å². The van der Waals surface area contributed by atoms with Crippen LogP contribution in [0.5, 0.6) is 17.2 Å². The Bertz CT molecular complexity index is 5420. The summed E-state index contributed by atoms with van der Waals surface area (Å²) in [6.07, 6.45) is 4.85. The average molecular weight is 1760 g/mol. The minimum Gasteiger partial charge on any atom is -0.490 e. The van der Waals surface area contributed by atoms with E-state index in [1.54, 1.807) is 106 Å². The molecule has 114 heavy (non-hydrogen) atoms. The molecule has 2 amide bonds. The van der Waals surface area contributed by atoms with E-state index in [4.69, 9.17) is 53.5 Å². The fraction of sp³-hybridized carbons (Fsp3) is 0.420. The SMILES string of the molecule is CSS[C@@H](C)OC1C[C@H]([n+]2cn(C#CCNC(=O)COCCOC(COc3cccc(C(=O)NCCCC(=O)c4ccc(C(=O)O)c(C5=c6cc7c(cc6Oc6cc8c(cc65)C(CS(=O)(=O)O)=CC(C)(C)N8)=NC(C)(C)C=C7CS(=O)(=O)O)c4)c3)SSC(C)(C)C)c3c(N)ncnc32)O[C@@H]1COP(=O)(O)OP(=O)(O)OP(=O)(O)O. The first-order chi connectivity index (χ1) is 53.2. The Labute approximate surface area is 670 Å². The van der Waals surface area contributed by atoms with Gasteiger partial charge in [0.1, 0.15) is 58.9 Å². The third kappa shape index (κ3) is 24.7. The van der Waals surface area contributed by atoms with Gasteiger partial charge in [0.2, 0.25) is 17.8 Å². The molecule has 0 bridgehead atoms. The van der Waals surface area contributed by atoms with Crippen molar-refractivity contribution < 1.29 is 130 Å². The number of hydrogen-bond donors (Lipinski definition) is 11. The van der Waals surface area contributed by atoms with Gasteiger partial charge >= 0.3 is 35.1 Å². The topological polar surface area (TPSA) is 522 Å². The molecule has 0 spiro atoms. The molecule has 2 aromatic heterocycles. The number of ketones is 1. The predicted molar refractivity (Wildman–Crippen MR) is 425 cm³/mol. The highest BCUT2D eigenvalue weighted by molar-refractivity contribution is 8.77. The number of nitrogen functional groups attached to an aromatic ring is 1. The number of benzene rings is 4. The third-order valence-electron chi connectivity index (χ3n) is 16.7. The van der Waals surface area contributed by atoms with Gasteiger partial charge in [-0.05, 0) is 112 Å². The van der Waals surface area contributed by atoms with Crippen LogP contribution in [0.25, 0.3) is 27.9 Å². The molecule has 6 aromatic rings. The van der Waals surface area contributed by atoms with E-state index in [1.165, 1.54) is 72.4 Å². The lowest BCUT2D eigenvalue weighted by Gasteiger charge is -2.34. The first-order valence-electron chi connectivity index (χ1n) is 34.5. The Morgan fingerprint density at radius 1 is 0.860 bits per heavy atom. The van der Waals surface area contributed by atoms with Crippen molar-refractivity contribution in [3.63, 3.8) is 0 Å². The van der Waals surface area contributed by atoms with E-state index < -0.39 is 126 Å². The van der Waals surface area contributed by atoms with E-state index in [0.29, 0.717) is 22.4 Å². The summed E-state index contributed by atoms with van der Waals surface area (Å²) in [7, 11) is -20.5. The molecule has 4 aliphatic heterocycles. The van der Waals surface area contributed by atoms with Crippen LogP contribution in [0.3, 0.4) is 0 Å². The quantitative estimate of drug-likeness (QED) is 0.00260. The van der Waals surface area contributed by atoms with Crippen LogP contribution in [-0.4, -0.2) is 192 Å². The summed E-state index contributed by atoms with van der Waals surface area (Å²) in [6, 6.07) is 19.7. The summed E-state index contributed by atoms with van der Waals surface area (Å²) >= 11 is 0. The molecule has 7 atom stereocenters. The second-order valence-corrected chi connectivity index (χ2v) is 41.4. The molecule has 6 heterocycles. The number of ether oxygens (including phenoxy) is 6. The van der Waals surface area contributed by atoms with Crippen LogP contribution in [-0.2, 0) is 70.8 Å². The second kappa shape index (κ2) is 36.4. The molecule has 12 N–H and O–H groups in total. The fourth-order valence-corrected chi connectivity index (χ4v) is 20.3. The molecule has 10 rings (SSSR count). The van der Waals surface area contributed by atoms with Gasteiger partial charge in [-0.1, -0.05) is 93.2 Å². The van der Waals surface area contributed by atoms with E-state index in [9.17, 15) is 73.7 Å². The van der Waals surface area contributed by atoms with E-state index >= 15 is 0 Å². The van der Waals surface area contributed by atoms with Crippen molar-refractivity contribution in [1.82, 2.24) is 25.2 Å². The number of aromatic nitrogens is 4. The van der Waals surface area contributed by atoms with Gasteiger partial charge in [0.25, 0.3) is 26.1 Å². The number of phosphoric ester groups is 1. The van der Waals surface area contributed by atoms with Crippen LogP contribution in [0, 0.1) is 12.0 Å². The van der Waals surface area contributed by atoms with Gasteiger partial charge in [-0.25, -0.2) is 23.1 Å². The number of hydrogen-bond acceptors (Lipinski definition) is 29. The van der Waals surface area contributed by atoms with E-state index in [0.717, 1.165) is 0 Å². The summed E-state index contributed by atoms with van der Waals surface area (Å²) < 4.78 is 158.